The molecule has 2 rings (SSSR count). The first kappa shape index (κ1) is 13.6. The Morgan fingerprint density at radius 1 is 1.44 bits per heavy atom. The Balaban J connectivity index is 2.05. The smallest absolute Gasteiger partial charge is 0.111 e. The summed E-state index contributed by atoms with van der Waals surface area (Å²) < 4.78 is 0. The van der Waals surface area contributed by atoms with Crippen molar-refractivity contribution in [3.8, 4) is 0 Å². The molecule has 1 aliphatic rings. The van der Waals surface area contributed by atoms with Gasteiger partial charge in [0, 0.05) is 23.7 Å². The van der Waals surface area contributed by atoms with Crippen LogP contribution in [0.4, 0.5) is 0 Å². The summed E-state index contributed by atoms with van der Waals surface area (Å²) in [5.41, 5.74) is 1.25. The Kier molecular flexibility index (Phi) is 4.40. The molecule has 1 aromatic rings. The summed E-state index contributed by atoms with van der Waals surface area (Å²) in [6, 6.07) is 0. The SMILES string of the molecule is CC(C)C(CO)c1ncc(C2CCN(C)CC2)[nH]1. The van der Waals surface area contributed by atoms with Crippen LogP contribution in [0.15, 0.2) is 6.20 Å². The number of aliphatic hydroxyl groups excluding tert-OH is 1. The molecule has 0 spiro atoms. The van der Waals surface area contributed by atoms with Crippen molar-refractivity contribution in [2.45, 2.75) is 38.5 Å². The van der Waals surface area contributed by atoms with E-state index in [9.17, 15) is 5.11 Å². The van der Waals surface area contributed by atoms with E-state index in [-0.39, 0.29) is 12.5 Å². The first-order valence-electron chi connectivity index (χ1n) is 6.96. The summed E-state index contributed by atoms with van der Waals surface area (Å²) in [6.45, 7) is 6.73. The fourth-order valence-corrected chi connectivity index (χ4v) is 2.68. The third kappa shape index (κ3) is 2.93. The minimum Gasteiger partial charge on any atom is -0.396 e. The second-order valence-corrected chi connectivity index (χ2v) is 5.83. The van der Waals surface area contributed by atoms with E-state index in [0.717, 1.165) is 18.9 Å². The average Bonchev–Trinajstić information content (AvgIpc) is 2.80. The lowest BCUT2D eigenvalue weighted by molar-refractivity contribution is 0.231. The van der Waals surface area contributed by atoms with Crippen LogP contribution >= 0.6 is 0 Å². The van der Waals surface area contributed by atoms with Crippen LogP contribution < -0.4 is 0 Å². The largest absolute Gasteiger partial charge is 0.396 e. The van der Waals surface area contributed by atoms with Gasteiger partial charge in [0.2, 0.25) is 0 Å². The number of hydrogen-bond acceptors (Lipinski definition) is 3. The van der Waals surface area contributed by atoms with Crippen LogP contribution in [0.3, 0.4) is 0 Å². The zero-order chi connectivity index (χ0) is 13.1. The number of hydrogen-bond donors (Lipinski definition) is 2. The molecule has 1 saturated heterocycles. The van der Waals surface area contributed by atoms with Gasteiger partial charge in [-0.3, -0.25) is 0 Å². The van der Waals surface area contributed by atoms with E-state index in [1.807, 2.05) is 6.20 Å². The van der Waals surface area contributed by atoms with E-state index in [2.05, 4.69) is 35.8 Å². The lowest BCUT2D eigenvalue weighted by atomic mass is 9.94. The van der Waals surface area contributed by atoms with Crippen molar-refractivity contribution in [1.82, 2.24) is 14.9 Å². The molecule has 0 amide bonds. The molecule has 1 aliphatic heterocycles. The maximum atomic E-state index is 9.44. The summed E-state index contributed by atoms with van der Waals surface area (Å²) in [6.07, 6.45) is 4.36. The Hall–Kier alpha value is -0.870. The third-order valence-electron chi connectivity index (χ3n) is 4.13. The Bertz CT molecular complexity index is 367. The molecule has 0 bridgehead atoms. The predicted octanol–water partition coefficient (Wildman–Crippen LogP) is 1.95. The number of nitrogens with one attached hydrogen (secondary N) is 1. The van der Waals surface area contributed by atoms with Crippen LogP contribution in [-0.2, 0) is 0 Å². The van der Waals surface area contributed by atoms with Crippen molar-refractivity contribution in [1.29, 1.82) is 0 Å². The molecule has 0 aliphatic carbocycles. The highest BCUT2D eigenvalue weighted by Crippen LogP contribution is 2.28. The summed E-state index contributed by atoms with van der Waals surface area (Å²) in [4.78, 5) is 10.3. The lowest BCUT2D eigenvalue weighted by Gasteiger charge is -2.28. The summed E-state index contributed by atoms with van der Waals surface area (Å²) in [5, 5.41) is 9.44. The maximum absolute atomic E-state index is 9.44. The number of piperidine rings is 1. The third-order valence-corrected chi connectivity index (χ3v) is 4.13. The van der Waals surface area contributed by atoms with Gasteiger partial charge in [0.25, 0.3) is 0 Å². The number of likely N-dealkylation sites (tertiary alicyclic amines) is 1. The maximum Gasteiger partial charge on any atom is 0.111 e. The van der Waals surface area contributed by atoms with Gasteiger partial charge in [0.1, 0.15) is 5.82 Å². The summed E-state index contributed by atoms with van der Waals surface area (Å²) in [5.74, 6) is 2.09. The number of nitrogens with zero attached hydrogens (tertiary/aromatic N) is 2. The fourth-order valence-electron chi connectivity index (χ4n) is 2.68. The van der Waals surface area contributed by atoms with Crippen LogP contribution in [-0.4, -0.2) is 46.7 Å². The van der Waals surface area contributed by atoms with Gasteiger partial charge in [-0.05, 0) is 38.9 Å². The number of H-pyrrole nitrogens is 1. The summed E-state index contributed by atoms with van der Waals surface area (Å²) >= 11 is 0. The minimum atomic E-state index is 0.130. The van der Waals surface area contributed by atoms with Gasteiger partial charge in [0.15, 0.2) is 0 Å². The van der Waals surface area contributed by atoms with Crippen molar-refractivity contribution >= 4 is 0 Å². The quantitative estimate of drug-likeness (QED) is 0.860. The predicted molar refractivity (Wildman–Crippen MR) is 72.7 cm³/mol. The summed E-state index contributed by atoms with van der Waals surface area (Å²) in [7, 11) is 2.18. The van der Waals surface area contributed by atoms with Gasteiger partial charge in [-0.1, -0.05) is 13.8 Å². The number of aromatic amines is 1. The molecule has 1 fully saturated rings. The van der Waals surface area contributed by atoms with Crippen LogP contribution in [0.5, 0.6) is 0 Å². The molecule has 1 aromatic heterocycles. The Morgan fingerprint density at radius 3 is 2.67 bits per heavy atom. The molecule has 2 heterocycles. The van der Waals surface area contributed by atoms with E-state index in [4.69, 9.17) is 0 Å². The lowest BCUT2D eigenvalue weighted by Crippen LogP contribution is -2.29. The first-order chi connectivity index (χ1) is 8.61. The molecule has 2 N–H and O–H groups in total. The topological polar surface area (TPSA) is 52.2 Å². The molecule has 1 atom stereocenters. The van der Waals surface area contributed by atoms with Gasteiger partial charge in [-0.15, -0.1) is 0 Å². The highest BCUT2D eigenvalue weighted by molar-refractivity contribution is 5.12. The van der Waals surface area contributed by atoms with Gasteiger partial charge < -0.3 is 15.0 Å². The number of aromatic nitrogens is 2. The molecule has 1 unspecified atom stereocenters. The minimum absolute atomic E-state index is 0.130. The normalized spacial score (nSPS) is 20.5. The molecule has 4 heteroatoms. The van der Waals surface area contributed by atoms with Gasteiger partial charge in [-0.25, -0.2) is 4.98 Å². The van der Waals surface area contributed by atoms with Crippen LogP contribution in [0, 0.1) is 5.92 Å². The van der Waals surface area contributed by atoms with Gasteiger partial charge >= 0.3 is 0 Å². The molecule has 0 radical (unpaired) electrons. The van der Waals surface area contributed by atoms with Crippen LogP contribution in [0.2, 0.25) is 0 Å². The molecule has 0 saturated carbocycles. The second-order valence-electron chi connectivity index (χ2n) is 5.83. The van der Waals surface area contributed by atoms with Crippen molar-refractivity contribution in [3.05, 3.63) is 17.7 Å². The highest BCUT2D eigenvalue weighted by atomic mass is 16.3. The zero-order valence-corrected chi connectivity index (χ0v) is 11.7. The Labute approximate surface area is 109 Å². The van der Waals surface area contributed by atoms with Crippen LogP contribution in [0.25, 0.3) is 0 Å². The number of aliphatic hydroxyl groups is 1. The monoisotopic (exact) mass is 251 g/mol. The second kappa shape index (κ2) is 5.85. The van der Waals surface area contributed by atoms with Gasteiger partial charge in [-0.2, -0.15) is 0 Å². The highest BCUT2D eigenvalue weighted by Gasteiger charge is 2.23. The standard InChI is InChI=1S/C14H25N3O/c1-10(2)12(9-18)14-15-8-13(16-14)11-4-6-17(3)7-5-11/h8,10-12,18H,4-7,9H2,1-3H3,(H,15,16). The molecule has 0 aromatic carbocycles. The molecular formula is C14H25N3O. The van der Waals surface area contributed by atoms with Crippen LogP contribution in [0.1, 0.15) is 50.0 Å². The van der Waals surface area contributed by atoms with Crippen molar-refractivity contribution < 1.29 is 5.11 Å². The first-order valence-corrected chi connectivity index (χ1v) is 6.96. The van der Waals surface area contributed by atoms with Crippen molar-refractivity contribution in [3.63, 3.8) is 0 Å². The number of imidazole rings is 1. The molecule has 18 heavy (non-hydrogen) atoms. The van der Waals surface area contributed by atoms with E-state index in [1.54, 1.807) is 0 Å². The molecular weight excluding hydrogens is 226 g/mol. The molecule has 4 nitrogen and oxygen atoms in total. The van der Waals surface area contributed by atoms with E-state index >= 15 is 0 Å². The van der Waals surface area contributed by atoms with E-state index in [0.29, 0.717) is 11.8 Å². The van der Waals surface area contributed by atoms with Crippen molar-refractivity contribution in [2.24, 2.45) is 5.92 Å². The Morgan fingerprint density at radius 2 is 2.11 bits per heavy atom. The van der Waals surface area contributed by atoms with Crippen molar-refractivity contribution in [2.75, 3.05) is 26.7 Å². The average molecular weight is 251 g/mol. The molecule has 102 valence electrons. The van der Waals surface area contributed by atoms with E-state index < -0.39 is 0 Å². The van der Waals surface area contributed by atoms with E-state index in [1.165, 1.54) is 18.5 Å². The fraction of sp³-hybridized carbons (Fsp3) is 0.786. The van der Waals surface area contributed by atoms with Gasteiger partial charge in [0.05, 0.1) is 6.61 Å². The zero-order valence-electron chi connectivity index (χ0n) is 11.7. The number of rotatable bonds is 4.